The number of fused-ring (bicyclic) bond motifs is 1. The van der Waals surface area contributed by atoms with Crippen molar-refractivity contribution in [3.8, 4) is 11.5 Å². The maximum atomic E-state index is 12.4. The van der Waals surface area contributed by atoms with E-state index in [0.717, 1.165) is 82.1 Å². The second kappa shape index (κ2) is 10.7. The second-order valence-electron chi connectivity index (χ2n) is 9.86. The fourth-order valence-corrected chi connectivity index (χ4v) is 5.74. The largest absolute Gasteiger partial charge is 0.493 e. The third-order valence-electron chi connectivity index (χ3n) is 7.70. The van der Waals surface area contributed by atoms with Gasteiger partial charge in [0.05, 0.1) is 13.7 Å². The number of nitrogens with one attached hydrogen (secondary N) is 1. The highest BCUT2D eigenvalue weighted by Crippen LogP contribution is 2.34. The fourth-order valence-electron chi connectivity index (χ4n) is 5.74. The predicted molar refractivity (Wildman–Crippen MR) is 136 cm³/mol. The van der Waals surface area contributed by atoms with Crippen LogP contribution in [0.1, 0.15) is 50.5 Å². The van der Waals surface area contributed by atoms with Crippen LogP contribution in [0, 0.1) is 5.92 Å². The third-order valence-corrected chi connectivity index (χ3v) is 7.70. The molecule has 34 heavy (non-hydrogen) atoms. The van der Waals surface area contributed by atoms with Gasteiger partial charge >= 0.3 is 0 Å². The van der Waals surface area contributed by atoms with E-state index in [9.17, 15) is 4.79 Å². The highest BCUT2D eigenvalue weighted by molar-refractivity contribution is 5.92. The Morgan fingerprint density at radius 2 is 1.74 bits per heavy atom. The van der Waals surface area contributed by atoms with Gasteiger partial charge in [-0.1, -0.05) is 25.0 Å². The summed E-state index contributed by atoms with van der Waals surface area (Å²) in [5, 5.41) is 3.11. The molecule has 1 saturated carbocycles. The average Bonchev–Trinajstić information content (AvgIpc) is 3.40. The van der Waals surface area contributed by atoms with E-state index in [4.69, 9.17) is 9.47 Å². The van der Waals surface area contributed by atoms with Gasteiger partial charge in [-0.15, -0.1) is 0 Å². The minimum atomic E-state index is 0.184. The van der Waals surface area contributed by atoms with Gasteiger partial charge in [0.15, 0.2) is 11.5 Å². The molecule has 0 atom stereocenters. The Balaban J connectivity index is 1.17. The highest BCUT2D eigenvalue weighted by Gasteiger charge is 2.27. The summed E-state index contributed by atoms with van der Waals surface area (Å²) < 4.78 is 11.6. The van der Waals surface area contributed by atoms with Crippen molar-refractivity contribution < 1.29 is 14.3 Å². The molecule has 6 nitrogen and oxygen atoms in total. The van der Waals surface area contributed by atoms with Gasteiger partial charge in [-0.05, 0) is 62.4 Å². The molecule has 2 heterocycles. The van der Waals surface area contributed by atoms with Gasteiger partial charge in [0.2, 0.25) is 5.91 Å². The Morgan fingerprint density at radius 1 is 0.971 bits per heavy atom. The van der Waals surface area contributed by atoms with Gasteiger partial charge in [-0.2, -0.15) is 0 Å². The van der Waals surface area contributed by atoms with Crippen molar-refractivity contribution in [1.29, 1.82) is 0 Å². The number of anilines is 2. The first-order valence-corrected chi connectivity index (χ1v) is 12.9. The lowest BCUT2D eigenvalue weighted by Crippen LogP contribution is -2.45. The number of para-hydroxylation sites is 1. The molecule has 2 aromatic carbocycles. The van der Waals surface area contributed by atoms with Gasteiger partial charge in [-0.3, -0.25) is 9.69 Å². The van der Waals surface area contributed by atoms with Crippen LogP contribution < -0.4 is 19.7 Å². The molecule has 5 rings (SSSR count). The summed E-state index contributed by atoms with van der Waals surface area (Å²) >= 11 is 0. The molecular weight excluding hydrogens is 426 g/mol. The second-order valence-corrected chi connectivity index (χ2v) is 9.86. The van der Waals surface area contributed by atoms with Gasteiger partial charge in [-0.25, -0.2) is 0 Å². The zero-order valence-electron chi connectivity index (χ0n) is 20.3. The number of amides is 1. The lowest BCUT2D eigenvalue weighted by molar-refractivity contribution is -0.119. The SMILES string of the molecule is COc1cccc2c1OCCCN(C1CCN(c3ccc(NC(=O)C4CCCC4)cc3)CC1)C2. The number of nitrogens with zero attached hydrogens (tertiary/aromatic N) is 2. The average molecular weight is 464 g/mol. The molecule has 0 bridgehead atoms. The molecule has 2 aromatic rings. The Kier molecular flexibility index (Phi) is 7.24. The fraction of sp³-hybridized carbons (Fsp3) is 0.536. The predicted octanol–water partition coefficient (Wildman–Crippen LogP) is 5.08. The Bertz CT molecular complexity index is 963. The molecule has 1 saturated heterocycles. The van der Waals surface area contributed by atoms with Crippen molar-refractivity contribution in [2.75, 3.05) is 43.6 Å². The number of benzene rings is 2. The van der Waals surface area contributed by atoms with Crippen LogP contribution >= 0.6 is 0 Å². The first kappa shape index (κ1) is 23.0. The van der Waals surface area contributed by atoms with Crippen molar-refractivity contribution in [2.24, 2.45) is 5.92 Å². The van der Waals surface area contributed by atoms with E-state index in [1.807, 2.05) is 6.07 Å². The molecular formula is C28H37N3O3. The number of hydrogen-bond donors (Lipinski definition) is 1. The van der Waals surface area contributed by atoms with Crippen LogP contribution in [0.15, 0.2) is 42.5 Å². The zero-order valence-corrected chi connectivity index (χ0v) is 20.3. The van der Waals surface area contributed by atoms with Crippen LogP contribution in [-0.2, 0) is 11.3 Å². The van der Waals surface area contributed by atoms with Crippen molar-refractivity contribution in [1.82, 2.24) is 4.90 Å². The maximum Gasteiger partial charge on any atom is 0.227 e. The number of piperidine rings is 1. The summed E-state index contributed by atoms with van der Waals surface area (Å²) in [6, 6.07) is 15.2. The summed E-state index contributed by atoms with van der Waals surface area (Å²) in [6.45, 7) is 4.81. The summed E-state index contributed by atoms with van der Waals surface area (Å²) in [6.07, 6.45) is 7.76. The number of carbonyl (C=O) groups is 1. The van der Waals surface area contributed by atoms with E-state index < -0.39 is 0 Å². The molecule has 0 radical (unpaired) electrons. The van der Waals surface area contributed by atoms with Gasteiger partial charge < -0.3 is 19.7 Å². The molecule has 1 aliphatic carbocycles. The molecule has 2 aliphatic heterocycles. The number of carbonyl (C=O) groups excluding carboxylic acids is 1. The van der Waals surface area contributed by atoms with E-state index >= 15 is 0 Å². The van der Waals surface area contributed by atoms with Crippen molar-refractivity contribution in [3.05, 3.63) is 48.0 Å². The minimum Gasteiger partial charge on any atom is -0.493 e. The van der Waals surface area contributed by atoms with Crippen LogP contribution in [-0.4, -0.2) is 50.2 Å². The van der Waals surface area contributed by atoms with Gasteiger partial charge in [0, 0.05) is 55.1 Å². The van der Waals surface area contributed by atoms with E-state index in [0.29, 0.717) is 6.04 Å². The number of ether oxygens (including phenoxy) is 2. The minimum absolute atomic E-state index is 0.184. The molecule has 3 aliphatic rings. The standard InChI is InChI=1S/C28H37N3O3/c1-33-26-9-4-8-22-20-31(16-5-19-34-27(22)26)25-14-17-30(18-15-25)24-12-10-23(11-13-24)29-28(32)21-6-2-3-7-21/h4,8-13,21,25H,2-3,5-7,14-20H2,1H3,(H,29,32). The number of hydrogen-bond acceptors (Lipinski definition) is 5. The summed E-state index contributed by atoms with van der Waals surface area (Å²) in [5.74, 6) is 2.12. The first-order valence-electron chi connectivity index (χ1n) is 12.9. The number of methoxy groups -OCH3 is 1. The lowest BCUT2D eigenvalue weighted by Gasteiger charge is -2.40. The molecule has 2 fully saturated rings. The summed E-state index contributed by atoms with van der Waals surface area (Å²) in [7, 11) is 1.71. The summed E-state index contributed by atoms with van der Waals surface area (Å²) in [4.78, 5) is 17.5. The normalized spacial score (nSPS) is 20.2. The van der Waals surface area contributed by atoms with Crippen LogP contribution in [0.4, 0.5) is 11.4 Å². The Morgan fingerprint density at radius 3 is 2.47 bits per heavy atom. The van der Waals surface area contributed by atoms with Crippen molar-refractivity contribution in [3.63, 3.8) is 0 Å². The Hall–Kier alpha value is -2.73. The van der Waals surface area contributed by atoms with Crippen LogP contribution in [0.2, 0.25) is 0 Å². The monoisotopic (exact) mass is 463 g/mol. The topological polar surface area (TPSA) is 54.0 Å². The smallest absolute Gasteiger partial charge is 0.227 e. The third kappa shape index (κ3) is 5.17. The van der Waals surface area contributed by atoms with E-state index in [-0.39, 0.29) is 11.8 Å². The molecule has 0 aromatic heterocycles. The molecule has 182 valence electrons. The summed E-state index contributed by atoms with van der Waals surface area (Å²) in [5.41, 5.74) is 3.37. The zero-order chi connectivity index (χ0) is 23.3. The van der Waals surface area contributed by atoms with Crippen molar-refractivity contribution >= 4 is 17.3 Å². The van der Waals surface area contributed by atoms with Crippen LogP contribution in [0.3, 0.4) is 0 Å². The van der Waals surface area contributed by atoms with Gasteiger partial charge in [0.1, 0.15) is 0 Å². The van der Waals surface area contributed by atoms with Crippen LogP contribution in [0.25, 0.3) is 0 Å². The molecule has 0 spiro atoms. The number of rotatable bonds is 5. The van der Waals surface area contributed by atoms with E-state index in [1.54, 1.807) is 7.11 Å². The van der Waals surface area contributed by atoms with Crippen LogP contribution in [0.5, 0.6) is 11.5 Å². The highest BCUT2D eigenvalue weighted by atomic mass is 16.5. The molecule has 1 N–H and O–H groups in total. The quantitative estimate of drug-likeness (QED) is 0.670. The van der Waals surface area contributed by atoms with E-state index in [2.05, 4.69) is 51.5 Å². The van der Waals surface area contributed by atoms with Crippen molar-refractivity contribution in [2.45, 2.75) is 57.5 Å². The van der Waals surface area contributed by atoms with Gasteiger partial charge in [0.25, 0.3) is 0 Å². The molecule has 6 heteroatoms. The maximum absolute atomic E-state index is 12.4. The first-order chi connectivity index (χ1) is 16.7. The van der Waals surface area contributed by atoms with E-state index in [1.165, 1.54) is 24.1 Å². The Labute approximate surface area is 203 Å². The molecule has 0 unspecified atom stereocenters. The lowest BCUT2D eigenvalue weighted by atomic mass is 10.0. The molecule has 1 amide bonds.